The van der Waals surface area contributed by atoms with Crippen LogP contribution in [0, 0.1) is 0 Å². The van der Waals surface area contributed by atoms with E-state index in [1.165, 1.54) is 0 Å². The molecule has 4 heteroatoms. The summed E-state index contributed by atoms with van der Waals surface area (Å²) in [6.07, 6.45) is 1.77. The van der Waals surface area contributed by atoms with Crippen LogP contribution in [-0.4, -0.2) is 9.97 Å². The lowest BCUT2D eigenvalue weighted by atomic mass is 10.2. The molecule has 94 valence electrons. The summed E-state index contributed by atoms with van der Waals surface area (Å²) in [6, 6.07) is 15.2. The Labute approximate surface area is 110 Å². The van der Waals surface area contributed by atoms with Crippen molar-refractivity contribution < 1.29 is 4.74 Å². The van der Waals surface area contributed by atoms with Gasteiger partial charge in [-0.2, -0.15) is 0 Å². The van der Waals surface area contributed by atoms with Crippen molar-refractivity contribution in [2.75, 3.05) is 5.73 Å². The van der Waals surface area contributed by atoms with Gasteiger partial charge in [0.25, 0.3) is 0 Å². The van der Waals surface area contributed by atoms with Crippen molar-refractivity contribution in [3.8, 4) is 5.75 Å². The van der Waals surface area contributed by atoms with Crippen LogP contribution in [0.1, 0.15) is 5.69 Å². The Kier molecular flexibility index (Phi) is 2.98. The van der Waals surface area contributed by atoms with Crippen LogP contribution in [0.5, 0.6) is 5.75 Å². The lowest BCUT2D eigenvalue weighted by Gasteiger charge is -2.08. The monoisotopic (exact) mass is 251 g/mol. The van der Waals surface area contributed by atoms with Gasteiger partial charge in [-0.15, -0.1) is 0 Å². The highest BCUT2D eigenvalue weighted by Crippen LogP contribution is 2.24. The lowest BCUT2D eigenvalue weighted by molar-refractivity contribution is 0.305. The quantitative estimate of drug-likeness (QED) is 0.777. The van der Waals surface area contributed by atoms with E-state index in [2.05, 4.69) is 9.97 Å². The van der Waals surface area contributed by atoms with Gasteiger partial charge in [0.15, 0.2) is 0 Å². The first-order chi connectivity index (χ1) is 9.33. The molecule has 0 bridgehead atoms. The maximum absolute atomic E-state index is 5.80. The summed E-state index contributed by atoms with van der Waals surface area (Å²) in [5.74, 6) is 1.30. The number of hydrogen-bond donors (Lipinski definition) is 1. The summed E-state index contributed by atoms with van der Waals surface area (Å²) in [5.41, 5.74) is 7.36. The predicted octanol–water partition coefficient (Wildman–Crippen LogP) is 2.79. The summed E-state index contributed by atoms with van der Waals surface area (Å²) >= 11 is 0. The van der Waals surface area contributed by atoms with E-state index in [1.807, 2.05) is 42.5 Å². The van der Waals surface area contributed by atoms with Gasteiger partial charge in [0.2, 0.25) is 0 Å². The summed E-state index contributed by atoms with van der Waals surface area (Å²) in [7, 11) is 0. The van der Waals surface area contributed by atoms with Crippen LogP contribution in [0.4, 0.5) is 5.82 Å². The minimum Gasteiger partial charge on any atom is -0.487 e. The highest BCUT2D eigenvalue weighted by molar-refractivity contribution is 5.84. The van der Waals surface area contributed by atoms with Crippen LogP contribution in [0.3, 0.4) is 0 Å². The Hall–Kier alpha value is -2.62. The Balaban J connectivity index is 1.86. The van der Waals surface area contributed by atoms with Crippen LogP contribution in [0.2, 0.25) is 0 Å². The van der Waals surface area contributed by atoms with Gasteiger partial charge in [-0.25, -0.2) is 4.98 Å². The molecule has 3 rings (SSSR count). The topological polar surface area (TPSA) is 61.0 Å². The second-order valence-electron chi connectivity index (χ2n) is 4.17. The van der Waals surface area contributed by atoms with Crippen molar-refractivity contribution in [3.63, 3.8) is 0 Å². The molecule has 0 radical (unpaired) electrons. The highest BCUT2D eigenvalue weighted by Gasteiger charge is 2.03. The fraction of sp³-hybridized carbons (Fsp3) is 0.0667. The maximum atomic E-state index is 5.80. The minimum absolute atomic E-state index is 0.388. The second-order valence-corrected chi connectivity index (χ2v) is 4.17. The molecule has 0 unspecified atom stereocenters. The standard InChI is InChI=1S/C15H13N3O/c16-15-8-1-4-11(18-15)10-19-14-7-2-6-13-12(14)5-3-9-17-13/h1-9H,10H2,(H2,16,18). The average Bonchev–Trinajstić information content (AvgIpc) is 2.45. The predicted molar refractivity (Wildman–Crippen MR) is 74.7 cm³/mol. The Morgan fingerprint density at radius 2 is 1.89 bits per heavy atom. The fourth-order valence-corrected chi connectivity index (χ4v) is 1.93. The number of anilines is 1. The third-order valence-electron chi connectivity index (χ3n) is 2.81. The lowest BCUT2D eigenvalue weighted by Crippen LogP contribution is -2.00. The third kappa shape index (κ3) is 2.47. The Morgan fingerprint density at radius 1 is 1.00 bits per heavy atom. The summed E-state index contributed by atoms with van der Waals surface area (Å²) < 4.78 is 5.80. The first-order valence-electron chi connectivity index (χ1n) is 6.01. The van der Waals surface area contributed by atoms with E-state index in [0.29, 0.717) is 12.4 Å². The van der Waals surface area contributed by atoms with E-state index >= 15 is 0 Å². The number of aromatic nitrogens is 2. The third-order valence-corrected chi connectivity index (χ3v) is 2.81. The minimum atomic E-state index is 0.388. The number of rotatable bonds is 3. The van der Waals surface area contributed by atoms with Crippen molar-refractivity contribution >= 4 is 16.7 Å². The molecule has 19 heavy (non-hydrogen) atoms. The number of nitrogens with zero attached hydrogens (tertiary/aromatic N) is 2. The molecule has 0 aliphatic carbocycles. The number of pyridine rings is 2. The molecule has 0 aliphatic heterocycles. The molecule has 0 spiro atoms. The molecule has 3 aromatic rings. The first kappa shape index (κ1) is 11.5. The normalized spacial score (nSPS) is 10.5. The molecule has 0 aliphatic rings. The molecule has 0 saturated carbocycles. The summed E-state index contributed by atoms with van der Waals surface area (Å²) in [5, 5.41) is 0.994. The summed E-state index contributed by atoms with van der Waals surface area (Å²) in [4.78, 5) is 8.50. The molecule has 0 amide bonds. The van der Waals surface area contributed by atoms with Crippen molar-refractivity contribution in [2.45, 2.75) is 6.61 Å². The zero-order chi connectivity index (χ0) is 13.1. The molecule has 1 aromatic carbocycles. The SMILES string of the molecule is Nc1cccc(COc2cccc3ncccc23)n1. The number of nitrogens with two attached hydrogens (primary N) is 1. The molecule has 4 nitrogen and oxygen atoms in total. The Morgan fingerprint density at radius 3 is 2.79 bits per heavy atom. The van der Waals surface area contributed by atoms with E-state index in [0.717, 1.165) is 22.3 Å². The molecule has 0 fully saturated rings. The zero-order valence-corrected chi connectivity index (χ0v) is 10.3. The van der Waals surface area contributed by atoms with Crippen LogP contribution >= 0.6 is 0 Å². The van der Waals surface area contributed by atoms with E-state index < -0.39 is 0 Å². The molecular weight excluding hydrogens is 238 g/mol. The number of benzene rings is 1. The molecule has 0 saturated heterocycles. The number of nitrogen functional groups attached to an aromatic ring is 1. The molecule has 2 heterocycles. The van der Waals surface area contributed by atoms with Gasteiger partial charge in [0.05, 0.1) is 11.2 Å². The van der Waals surface area contributed by atoms with Crippen LogP contribution in [-0.2, 0) is 6.61 Å². The Bertz CT molecular complexity index is 707. The van der Waals surface area contributed by atoms with E-state index in [1.54, 1.807) is 12.3 Å². The second kappa shape index (κ2) is 4.94. The maximum Gasteiger partial charge on any atom is 0.130 e. The first-order valence-corrected chi connectivity index (χ1v) is 6.01. The van der Waals surface area contributed by atoms with Gasteiger partial charge < -0.3 is 10.5 Å². The highest BCUT2D eigenvalue weighted by atomic mass is 16.5. The van der Waals surface area contributed by atoms with Gasteiger partial charge in [-0.05, 0) is 36.4 Å². The molecule has 2 N–H and O–H groups in total. The van der Waals surface area contributed by atoms with Crippen molar-refractivity contribution in [2.24, 2.45) is 0 Å². The van der Waals surface area contributed by atoms with Gasteiger partial charge in [-0.1, -0.05) is 12.1 Å². The van der Waals surface area contributed by atoms with Crippen molar-refractivity contribution in [1.29, 1.82) is 0 Å². The smallest absolute Gasteiger partial charge is 0.130 e. The number of hydrogen-bond acceptors (Lipinski definition) is 4. The van der Waals surface area contributed by atoms with Gasteiger partial charge in [0.1, 0.15) is 18.2 Å². The van der Waals surface area contributed by atoms with E-state index in [4.69, 9.17) is 10.5 Å². The van der Waals surface area contributed by atoms with E-state index in [9.17, 15) is 0 Å². The molecule has 2 aromatic heterocycles. The van der Waals surface area contributed by atoms with Gasteiger partial charge >= 0.3 is 0 Å². The van der Waals surface area contributed by atoms with Crippen LogP contribution in [0.15, 0.2) is 54.7 Å². The number of ether oxygens (including phenoxy) is 1. The largest absolute Gasteiger partial charge is 0.487 e. The van der Waals surface area contributed by atoms with Gasteiger partial charge in [0, 0.05) is 11.6 Å². The van der Waals surface area contributed by atoms with Crippen LogP contribution in [0.25, 0.3) is 10.9 Å². The van der Waals surface area contributed by atoms with Gasteiger partial charge in [-0.3, -0.25) is 4.98 Å². The molecular formula is C15H13N3O. The van der Waals surface area contributed by atoms with Crippen molar-refractivity contribution in [3.05, 3.63) is 60.4 Å². The number of fused-ring (bicyclic) bond motifs is 1. The average molecular weight is 251 g/mol. The molecule has 0 atom stereocenters. The van der Waals surface area contributed by atoms with Crippen molar-refractivity contribution in [1.82, 2.24) is 9.97 Å². The zero-order valence-electron chi connectivity index (χ0n) is 10.3. The fourth-order valence-electron chi connectivity index (χ4n) is 1.93. The van der Waals surface area contributed by atoms with E-state index in [-0.39, 0.29) is 0 Å². The van der Waals surface area contributed by atoms with Crippen LogP contribution < -0.4 is 10.5 Å². The summed E-state index contributed by atoms with van der Waals surface area (Å²) in [6.45, 7) is 0.388.